The summed E-state index contributed by atoms with van der Waals surface area (Å²) in [5.74, 6) is 1.76. The molecule has 0 radical (unpaired) electrons. The molecule has 1 atom stereocenters. The van der Waals surface area contributed by atoms with Crippen molar-refractivity contribution in [3.63, 3.8) is 0 Å². The Morgan fingerprint density at radius 3 is 2.34 bits per heavy atom. The number of carbonyl (C=O) groups is 1. The van der Waals surface area contributed by atoms with Crippen molar-refractivity contribution < 1.29 is 22.7 Å². The van der Waals surface area contributed by atoms with Gasteiger partial charge >= 0.3 is 6.18 Å². The summed E-state index contributed by atoms with van der Waals surface area (Å²) in [5, 5.41) is 3.19. The molecule has 1 N–H and O–H groups in total. The van der Waals surface area contributed by atoms with Crippen molar-refractivity contribution in [2.24, 2.45) is 5.92 Å². The number of amides is 1. The van der Waals surface area contributed by atoms with Crippen molar-refractivity contribution in [3.05, 3.63) is 53.7 Å². The van der Waals surface area contributed by atoms with E-state index in [2.05, 4.69) is 15.2 Å². The summed E-state index contributed by atoms with van der Waals surface area (Å²) < 4.78 is 43.4. The lowest BCUT2D eigenvalue weighted by molar-refractivity contribution is -0.137. The number of anilines is 1. The number of methoxy groups -OCH3 is 1. The number of aromatic nitrogens is 1. The fourth-order valence-corrected chi connectivity index (χ4v) is 4.01. The Balaban J connectivity index is 1.28. The van der Waals surface area contributed by atoms with E-state index in [9.17, 15) is 18.0 Å². The average molecular weight is 448 g/mol. The number of piperazine rings is 1. The minimum absolute atomic E-state index is 0.00559. The first kappa shape index (κ1) is 22.4. The maximum Gasteiger partial charge on any atom is 0.417 e. The van der Waals surface area contributed by atoms with Crippen LogP contribution in [0.4, 0.5) is 19.0 Å². The normalized spacial score (nSPS) is 18.3. The Kier molecular flexibility index (Phi) is 6.55. The largest absolute Gasteiger partial charge is 0.497 e. The van der Waals surface area contributed by atoms with Crippen molar-refractivity contribution in [3.8, 4) is 5.75 Å². The maximum absolute atomic E-state index is 12.7. The summed E-state index contributed by atoms with van der Waals surface area (Å²) in [6, 6.07) is 10.3. The van der Waals surface area contributed by atoms with Crippen LogP contribution >= 0.6 is 0 Å². The van der Waals surface area contributed by atoms with Gasteiger partial charge in [-0.2, -0.15) is 13.2 Å². The lowest BCUT2D eigenvalue weighted by atomic mass is 10.0. The molecule has 1 aromatic carbocycles. The second kappa shape index (κ2) is 9.36. The SMILES string of the molecule is COc1ccc(C(NC(=O)CN2CCN(c3ccc(C(F)(F)F)cn3)CC2)C2CC2)cc1. The third-order valence-corrected chi connectivity index (χ3v) is 6.02. The van der Waals surface area contributed by atoms with Crippen LogP contribution in [-0.4, -0.2) is 55.6 Å². The summed E-state index contributed by atoms with van der Waals surface area (Å²) in [7, 11) is 1.63. The highest BCUT2D eigenvalue weighted by molar-refractivity contribution is 5.78. The molecular weight excluding hydrogens is 421 g/mol. The van der Waals surface area contributed by atoms with Gasteiger partial charge in [-0.3, -0.25) is 9.69 Å². The van der Waals surface area contributed by atoms with Gasteiger partial charge in [0.15, 0.2) is 0 Å². The number of hydrogen-bond donors (Lipinski definition) is 1. The zero-order valence-electron chi connectivity index (χ0n) is 17.9. The van der Waals surface area contributed by atoms with E-state index in [1.807, 2.05) is 29.2 Å². The Bertz CT molecular complexity index is 906. The Morgan fingerprint density at radius 2 is 1.81 bits per heavy atom. The van der Waals surface area contributed by atoms with Gasteiger partial charge in [0.2, 0.25) is 5.91 Å². The van der Waals surface area contributed by atoms with E-state index in [0.717, 1.165) is 36.4 Å². The predicted molar refractivity (Wildman–Crippen MR) is 114 cm³/mol. The number of halogens is 3. The third-order valence-electron chi connectivity index (χ3n) is 6.02. The molecule has 4 rings (SSSR count). The molecule has 172 valence electrons. The van der Waals surface area contributed by atoms with Crippen molar-refractivity contribution in [2.45, 2.75) is 25.1 Å². The summed E-state index contributed by atoms with van der Waals surface area (Å²) in [6.07, 6.45) is -1.31. The predicted octanol–water partition coefficient (Wildman–Crippen LogP) is 3.50. The third kappa shape index (κ3) is 5.51. The first-order chi connectivity index (χ1) is 15.3. The summed E-state index contributed by atoms with van der Waals surface area (Å²) in [6.45, 7) is 2.81. The van der Waals surface area contributed by atoms with E-state index in [-0.39, 0.29) is 11.9 Å². The molecule has 1 saturated carbocycles. The molecule has 6 nitrogen and oxygen atoms in total. The van der Waals surface area contributed by atoms with Crippen molar-refractivity contribution in [1.29, 1.82) is 0 Å². The van der Waals surface area contributed by atoms with E-state index >= 15 is 0 Å². The first-order valence-electron chi connectivity index (χ1n) is 10.8. The molecule has 1 aliphatic carbocycles. The van der Waals surface area contributed by atoms with E-state index in [1.165, 1.54) is 6.07 Å². The summed E-state index contributed by atoms with van der Waals surface area (Å²) in [5.41, 5.74) is 0.332. The van der Waals surface area contributed by atoms with Gasteiger partial charge in [-0.15, -0.1) is 0 Å². The first-order valence-corrected chi connectivity index (χ1v) is 10.8. The second-order valence-electron chi connectivity index (χ2n) is 8.32. The van der Waals surface area contributed by atoms with E-state index < -0.39 is 11.7 Å². The number of carbonyl (C=O) groups excluding carboxylic acids is 1. The molecule has 0 bridgehead atoms. The van der Waals surface area contributed by atoms with Crippen LogP contribution in [0, 0.1) is 5.92 Å². The fourth-order valence-electron chi connectivity index (χ4n) is 4.01. The van der Waals surface area contributed by atoms with Gasteiger partial charge in [0.05, 0.1) is 25.3 Å². The minimum atomic E-state index is -4.39. The molecule has 1 amide bonds. The average Bonchev–Trinajstić information content (AvgIpc) is 3.63. The molecule has 2 aliphatic rings. The molecule has 9 heteroatoms. The standard InChI is InChI=1S/C23H27F3N4O2/c1-32-19-7-4-17(5-8-19)22(16-2-3-16)28-21(31)15-29-10-12-30(13-11-29)20-9-6-18(14-27-20)23(24,25)26/h4-9,14,16,22H,2-3,10-13,15H2,1H3,(H,28,31). The Labute approximate surface area is 185 Å². The molecule has 1 aromatic heterocycles. The molecule has 1 unspecified atom stereocenters. The van der Waals surface area contributed by atoms with Gasteiger partial charge in [-0.1, -0.05) is 12.1 Å². The van der Waals surface area contributed by atoms with Gasteiger partial charge < -0.3 is 15.0 Å². The van der Waals surface area contributed by atoms with Crippen LogP contribution in [0.1, 0.15) is 30.0 Å². The molecule has 2 aromatic rings. The molecule has 32 heavy (non-hydrogen) atoms. The zero-order valence-corrected chi connectivity index (χ0v) is 17.9. The highest BCUT2D eigenvalue weighted by atomic mass is 19.4. The topological polar surface area (TPSA) is 57.7 Å². The van der Waals surface area contributed by atoms with E-state index in [1.54, 1.807) is 7.11 Å². The van der Waals surface area contributed by atoms with E-state index in [0.29, 0.717) is 44.5 Å². The van der Waals surface area contributed by atoms with Gasteiger partial charge in [-0.05, 0) is 48.6 Å². The van der Waals surface area contributed by atoms with Crippen LogP contribution in [0.3, 0.4) is 0 Å². The zero-order chi connectivity index (χ0) is 22.7. The van der Waals surface area contributed by atoms with Crippen molar-refractivity contribution in [1.82, 2.24) is 15.2 Å². The van der Waals surface area contributed by atoms with Gasteiger partial charge in [0.25, 0.3) is 0 Å². The maximum atomic E-state index is 12.7. The van der Waals surface area contributed by atoms with Crippen LogP contribution < -0.4 is 15.0 Å². The molecule has 2 fully saturated rings. The monoisotopic (exact) mass is 448 g/mol. The number of alkyl halides is 3. The smallest absolute Gasteiger partial charge is 0.417 e. The molecular formula is C23H27F3N4O2. The summed E-state index contributed by atoms with van der Waals surface area (Å²) in [4.78, 5) is 20.7. The molecule has 0 spiro atoms. The fraction of sp³-hybridized carbons (Fsp3) is 0.478. The van der Waals surface area contributed by atoms with Crippen molar-refractivity contribution >= 4 is 11.7 Å². The van der Waals surface area contributed by atoms with E-state index in [4.69, 9.17) is 4.74 Å². The number of nitrogens with zero attached hydrogens (tertiary/aromatic N) is 3. The Morgan fingerprint density at radius 1 is 1.12 bits per heavy atom. The number of pyridine rings is 1. The van der Waals surface area contributed by atoms with Crippen LogP contribution in [0.15, 0.2) is 42.6 Å². The number of rotatable bonds is 7. The summed E-state index contributed by atoms with van der Waals surface area (Å²) >= 11 is 0. The van der Waals surface area contributed by atoms with Crippen LogP contribution in [0.25, 0.3) is 0 Å². The highest BCUT2D eigenvalue weighted by Crippen LogP contribution is 2.41. The lowest BCUT2D eigenvalue weighted by Crippen LogP contribution is -2.50. The van der Waals surface area contributed by atoms with Crippen molar-refractivity contribution in [2.75, 3.05) is 44.7 Å². The minimum Gasteiger partial charge on any atom is -0.497 e. The molecule has 1 saturated heterocycles. The molecule has 2 heterocycles. The highest BCUT2D eigenvalue weighted by Gasteiger charge is 2.34. The Hall–Kier alpha value is -2.81. The molecule has 1 aliphatic heterocycles. The number of hydrogen-bond acceptors (Lipinski definition) is 5. The number of benzene rings is 1. The van der Waals surface area contributed by atoms with Gasteiger partial charge in [-0.25, -0.2) is 4.98 Å². The van der Waals surface area contributed by atoms with Crippen LogP contribution in [0.5, 0.6) is 5.75 Å². The van der Waals surface area contributed by atoms with Gasteiger partial charge in [0, 0.05) is 32.4 Å². The van der Waals surface area contributed by atoms with Crippen LogP contribution in [0.2, 0.25) is 0 Å². The van der Waals surface area contributed by atoms with Crippen LogP contribution in [-0.2, 0) is 11.0 Å². The quantitative estimate of drug-likeness (QED) is 0.703. The lowest BCUT2D eigenvalue weighted by Gasteiger charge is -2.35. The van der Waals surface area contributed by atoms with Gasteiger partial charge in [0.1, 0.15) is 11.6 Å². The number of nitrogens with one attached hydrogen (secondary N) is 1. The number of ether oxygens (including phenoxy) is 1. The second-order valence-corrected chi connectivity index (χ2v) is 8.32.